The number of anilines is 1. The van der Waals surface area contributed by atoms with Crippen LogP contribution in [0, 0.1) is 4.91 Å². The van der Waals surface area contributed by atoms with Crippen molar-refractivity contribution in [3.05, 3.63) is 51.9 Å². The standard InChI is InChI=1S/C18H19N3O4/c1-24-18-8-12-3-2-4-15(13(12)9-17(18)22)21-25-10-11-5-6-16(20-23)14(19)7-11/h5-9,22H,2-4,10,19H2,1H3/b21-15+. The molecule has 0 bridgehead atoms. The number of phenols is 1. The molecule has 0 aliphatic heterocycles. The number of methoxy groups -OCH3 is 1. The van der Waals surface area contributed by atoms with Crippen LogP contribution in [0.1, 0.15) is 29.5 Å². The Labute approximate surface area is 145 Å². The maximum Gasteiger partial charge on any atom is 0.160 e. The van der Waals surface area contributed by atoms with Gasteiger partial charge in [0, 0.05) is 5.56 Å². The Kier molecular flexibility index (Phi) is 4.83. The van der Waals surface area contributed by atoms with Crippen LogP contribution in [0.3, 0.4) is 0 Å². The molecule has 0 saturated carbocycles. The summed E-state index contributed by atoms with van der Waals surface area (Å²) in [5, 5.41) is 17.1. The number of benzene rings is 2. The Hall–Kier alpha value is -3.09. The van der Waals surface area contributed by atoms with Crippen molar-refractivity contribution in [2.75, 3.05) is 12.8 Å². The van der Waals surface area contributed by atoms with Crippen LogP contribution >= 0.6 is 0 Å². The molecule has 0 amide bonds. The fourth-order valence-corrected chi connectivity index (χ4v) is 2.89. The van der Waals surface area contributed by atoms with Crippen LogP contribution in [-0.4, -0.2) is 17.9 Å². The Balaban J connectivity index is 1.76. The first-order chi connectivity index (χ1) is 12.1. The van der Waals surface area contributed by atoms with Gasteiger partial charge in [0.2, 0.25) is 0 Å². The van der Waals surface area contributed by atoms with Crippen molar-refractivity contribution in [3.8, 4) is 11.5 Å². The minimum atomic E-state index is 0.0839. The fraction of sp³-hybridized carbons (Fsp3) is 0.278. The number of aryl methyl sites for hydroxylation is 1. The van der Waals surface area contributed by atoms with Gasteiger partial charge in [0.15, 0.2) is 11.5 Å². The first-order valence-electron chi connectivity index (χ1n) is 7.93. The third-order valence-corrected chi connectivity index (χ3v) is 4.17. The molecule has 0 heterocycles. The first kappa shape index (κ1) is 16.8. The quantitative estimate of drug-likeness (QED) is 0.490. The average molecular weight is 341 g/mol. The molecule has 0 atom stereocenters. The molecule has 3 N–H and O–H groups in total. The summed E-state index contributed by atoms with van der Waals surface area (Å²) in [7, 11) is 1.53. The molecule has 25 heavy (non-hydrogen) atoms. The average Bonchev–Trinajstić information content (AvgIpc) is 2.62. The molecular weight excluding hydrogens is 322 g/mol. The lowest BCUT2D eigenvalue weighted by atomic mass is 9.89. The van der Waals surface area contributed by atoms with Crippen LogP contribution in [0.15, 0.2) is 40.7 Å². The van der Waals surface area contributed by atoms with Gasteiger partial charge in [-0.15, -0.1) is 4.91 Å². The normalized spacial score (nSPS) is 14.8. The molecule has 1 aliphatic carbocycles. The maximum atomic E-state index is 10.5. The number of ether oxygens (including phenoxy) is 1. The predicted molar refractivity (Wildman–Crippen MR) is 95.2 cm³/mol. The van der Waals surface area contributed by atoms with Gasteiger partial charge in [0.05, 0.1) is 18.5 Å². The maximum absolute atomic E-state index is 10.5. The van der Waals surface area contributed by atoms with Gasteiger partial charge in [-0.3, -0.25) is 0 Å². The molecule has 0 spiro atoms. The lowest BCUT2D eigenvalue weighted by Gasteiger charge is -2.19. The Morgan fingerprint density at radius 2 is 2.08 bits per heavy atom. The number of fused-ring (bicyclic) bond motifs is 1. The number of aromatic hydroxyl groups is 1. The van der Waals surface area contributed by atoms with Gasteiger partial charge < -0.3 is 20.4 Å². The Morgan fingerprint density at radius 3 is 2.80 bits per heavy atom. The van der Waals surface area contributed by atoms with E-state index < -0.39 is 0 Å². The second-order valence-corrected chi connectivity index (χ2v) is 5.83. The second kappa shape index (κ2) is 7.21. The van der Waals surface area contributed by atoms with E-state index >= 15 is 0 Å². The number of nitrogens with zero attached hydrogens (tertiary/aromatic N) is 2. The van der Waals surface area contributed by atoms with E-state index in [0.717, 1.165) is 41.7 Å². The van der Waals surface area contributed by atoms with Gasteiger partial charge in [0.25, 0.3) is 0 Å². The van der Waals surface area contributed by atoms with Crippen molar-refractivity contribution >= 4 is 17.1 Å². The molecule has 7 nitrogen and oxygen atoms in total. The fourth-order valence-electron chi connectivity index (χ4n) is 2.89. The largest absolute Gasteiger partial charge is 0.504 e. The lowest BCUT2D eigenvalue weighted by Crippen LogP contribution is -2.12. The van der Waals surface area contributed by atoms with Gasteiger partial charge in [-0.25, -0.2) is 0 Å². The molecule has 3 rings (SSSR count). The zero-order valence-electron chi connectivity index (χ0n) is 13.9. The molecule has 0 fully saturated rings. The van der Waals surface area contributed by atoms with Gasteiger partial charge in [0.1, 0.15) is 12.3 Å². The lowest BCUT2D eigenvalue weighted by molar-refractivity contribution is 0.130. The SMILES string of the molecule is COc1cc2c(cc1O)/C(=N/OCc1ccc(N=O)c(N)c1)CCC2. The zero-order valence-corrected chi connectivity index (χ0v) is 13.9. The van der Waals surface area contributed by atoms with E-state index in [1.165, 1.54) is 7.11 Å². The minimum Gasteiger partial charge on any atom is -0.504 e. The van der Waals surface area contributed by atoms with E-state index in [1.54, 1.807) is 24.3 Å². The van der Waals surface area contributed by atoms with E-state index in [9.17, 15) is 10.0 Å². The van der Waals surface area contributed by atoms with E-state index in [1.807, 2.05) is 6.07 Å². The molecule has 1 aliphatic rings. The highest BCUT2D eigenvalue weighted by molar-refractivity contribution is 6.03. The van der Waals surface area contributed by atoms with E-state index in [2.05, 4.69) is 10.3 Å². The van der Waals surface area contributed by atoms with Gasteiger partial charge in [-0.1, -0.05) is 11.2 Å². The summed E-state index contributed by atoms with van der Waals surface area (Å²) in [5.74, 6) is 0.542. The summed E-state index contributed by atoms with van der Waals surface area (Å²) in [4.78, 5) is 16.0. The predicted octanol–water partition coefficient (Wildman–Crippen LogP) is 3.64. The highest BCUT2D eigenvalue weighted by Gasteiger charge is 2.19. The summed E-state index contributed by atoms with van der Waals surface area (Å²) in [5.41, 5.74) is 9.79. The van der Waals surface area contributed by atoms with Crippen molar-refractivity contribution in [1.29, 1.82) is 0 Å². The summed E-state index contributed by atoms with van der Waals surface area (Å²) >= 11 is 0. The number of hydrogen-bond donors (Lipinski definition) is 2. The monoisotopic (exact) mass is 341 g/mol. The number of phenolic OH excluding ortho intramolecular Hbond substituents is 1. The highest BCUT2D eigenvalue weighted by atomic mass is 16.6. The van der Waals surface area contributed by atoms with Crippen LogP contribution in [0.2, 0.25) is 0 Å². The summed E-state index contributed by atoms with van der Waals surface area (Å²) < 4.78 is 5.15. The Bertz CT molecular complexity index is 833. The van der Waals surface area contributed by atoms with Crippen LogP contribution in [0.4, 0.5) is 11.4 Å². The smallest absolute Gasteiger partial charge is 0.160 e. The van der Waals surface area contributed by atoms with Crippen LogP contribution < -0.4 is 10.5 Å². The van der Waals surface area contributed by atoms with Gasteiger partial charge in [-0.05, 0) is 59.8 Å². The molecule has 2 aromatic rings. The molecule has 0 unspecified atom stereocenters. The van der Waals surface area contributed by atoms with Gasteiger partial charge in [-0.2, -0.15) is 0 Å². The third kappa shape index (κ3) is 3.55. The summed E-state index contributed by atoms with van der Waals surface area (Å²) in [6, 6.07) is 8.42. The molecule has 0 radical (unpaired) electrons. The van der Waals surface area contributed by atoms with E-state index in [0.29, 0.717) is 11.4 Å². The van der Waals surface area contributed by atoms with Crippen molar-refractivity contribution in [1.82, 2.24) is 0 Å². The summed E-state index contributed by atoms with van der Waals surface area (Å²) in [6.45, 7) is 0.226. The second-order valence-electron chi connectivity index (χ2n) is 5.83. The number of rotatable bonds is 5. The summed E-state index contributed by atoms with van der Waals surface area (Å²) in [6.07, 6.45) is 2.63. The van der Waals surface area contributed by atoms with Crippen molar-refractivity contribution in [2.24, 2.45) is 10.3 Å². The first-order valence-corrected chi connectivity index (χ1v) is 7.93. The molecule has 0 saturated heterocycles. The van der Waals surface area contributed by atoms with E-state index in [-0.39, 0.29) is 18.0 Å². The van der Waals surface area contributed by atoms with Crippen LogP contribution in [0.25, 0.3) is 0 Å². The van der Waals surface area contributed by atoms with Crippen molar-refractivity contribution in [3.63, 3.8) is 0 Å². The van der Waals surface area contributed by atoms with E-state index in [4.69, 9.17) is 15.3 Å². The number of nitrogen functional groups attached to an aromatic ring is 1. The molecule has 2 aromatic carbocycles. The number of hydrogen-bond acceptors (Lipinski definition) is 7. The highest BCUT2D eigenvalue weighted by Crippen LogP contribution is 2.33. The van der Waals surface area contributed by atoms with Crippen LogP contribution in [0.5, 0.6) is 11.5 Å². The van der Waals surface area contributed by atoms with Crippen molar-refractivity contribution < 1.29 is 14.7 Å². The molecular formula is C18H19N3O4. The van der Waals surface area contributed by atoms with Crippen LogP contribution in [-0.2, 0) is 17.9 Å². The molecule has 7 heteroatoms. The molecule has 0 aromatic heterocycles. The topological polar surface area (TPSA) is 106 Å². The van der Waals surface area contributed by atoms with Gasteiger partial charge >= 0.3 is 0 Å². The third-order valence-electron chi connectivity index (χ3n) is 4.17. The van der Waals surface area contributed by atoms with Crippen molar-refractivity contribution in [2.45, 2.75) is 25.9 Å². The molecule has 130 valence electrons. The minimum absolute atomic E-state index is 0.0839. The zero-order chi connectivity index (χ0) is 17.8. The number of nitrogens with two attached hydrogens (primary N) is 1. The number of oxime groups is 1. The number of nitroso groups, excluding NO2 is 1. The Morgan fingerprint density at radius 1 is 1.24 bits per heavy atom.